The quantitative estimate of drug-likeness (QED) is 0.439. The van der Waals surface area contributed by atoms with Crippen LogP contribution in [-0.4, -0.2) is 45.1 Å². The highest BCUT2D eigenvalue weighted by Gasteiger charge is 2.30. The molecular formula is C23H29N5O5S. The molecule has 0 saturated heterocycles. The summed E-state index contributed by atoms with van der Waals surface area (Å²) >= 11 is 0. The number of pyridine rings is 1. The minimum absolute atomic E-state index is 0.0101. The lowest BCUT2D eigenvalue weighted by Gasteiger charge is -2.23. The molecule has 2 aliphatic carbocycles. The van der Waals surface area contributed by atoms with Gasteiger partial charge in [0.25, 0.3) is 5.91 Å². The number of sulfonamides is 1. The van der Waals surface area contributed by atoms with E-state index in [9.17, 15) is 18.0 Å². The topological polar surface area (TPSA) is 130 Å². The van der Waals surface area contributed by atoms with Crippen LogP contribution in [0.2, 0.25) is 0 Å². The van der Waals surface area contributed by atoms with E-state index in [1.165, 1.54) is 17.5 Å². The summed E-state index contributed by atoms with van der Waals surface area (Å²) in [7, 11) is -2.04. The van der Waals surface area contributed by atoms with Gasteiger partial charge in [-0.3, -0.25) is 18.7 Å². The highest BCUT2D eigenvalue weighted by molar-refractivity contribution is 7.92. The van der Waals surface area contributed by atoms with Crippen molar-refractivity contribution in [1.29, 1.82) is 0 Å². The van der Waals surface area contributed by atoms with Gasteiger partial charge in [0.1, 0.15) is 5.82 Å². The third-order valence-electron chi connectivity index (χ3n) is 5.83. The molecule has 1 aromatic heterocycles. The van der Waals surface area contributed by atoms with Gasteiger partial charge in [-0.15, -0.1) is 0 Å². The van der Waals surface area contributed by atoms with Crippen LogP contribution in [0.3, 0.4) is 0 Å². The standard InChI is InChI=1S/C23H29N5O5S/c1-4-33-27-23(30)17-13-24-21(26-22(29)15-7-8-15)12-19(17)25-18-10-9-16(14-5-6-14)11-20(18)28(2)34(3,31)32/h9-15H,4-8H2,1-3H3,(H,27,30)(H2,24,25,26,29). The van der Waals surface area contributed by atoms with Crippen LogP contribution in [0.5, 0.6) is 0 Å². The average Bonchev–Trinajstić information content (AvgIpc) is 3.69. The van der Waals surface area contributed by atoms with E-state index in [0.717, 1.165) is 37.5 Å². The maximum absolute atomic E-state index is 12.7. The molecule has 2 aliphatic rings. The molecule has 2 aromatic rings. The maximum atomic E-state index is 12.7. The van der Waals surface area contributed by atoms with Crippen molar-refractivity contribution in [2.45, 2.75) is 38.5 Å². The van der Waals surface area contributed by atoms with Crippen LogP contribution in [0.25, 0.3) is 0 Å². The molecule has 4 rings (SSSR count). The van der Waals surface area contributed by atoms with E-state index < -0.39 is 15.9 Å². The first-order chi connectivity index (χ1) is 16.2. The van der Waals surface area contributed by atoms with E-state index in [-0.39, 0.29) is 24.0 Å². The number of benzene rings is 1. The van der Waals surface area contributed by atoms with E-state index in [1.807, 2.05) is 12.1 Å². The van der Waals surface area contributed by atoms with Crippen LogP contribution in [0.1, 0.15) is 54.4 Å². The fraction of sp³-hybridized carbons (Fsp3) is 0.435. The zero-order chi connectivity index (χ0) is 24.5. The van der Waals surface area contributed by atoms with E-state index in [1.54, 1.807) is 19.1 Å². The number of nitrogens with one attached hydrogen (secondary N) is 3. The summed E-state index contributed by atoms with van der Waals surface area (Å²) in [5.74, 6) is 0.0725. The number of hydrogen-bond acceptors (Lipinski definition) is 7. The van der Waals surface area contributed by atoms with E-state index in [0.29, 0.717) is 28.8 Å². The third kappa shape index (κ3) is 5.65. The molecule has 0 spiro atoms. The fourth-order valence-electron chi connectivity index (χ4n) is 3.48. The summed E-state index contributed by atoms with van der Waals surface area (Å²) in [6.07, 6.45) is 6.33. The Morgan fingerprint density at radius 2 is 1.88 bits per heavy atom. The number of carbonyl (C=O) groups excluding carboxylic acids is 2. The predicted octanol–water partition coefficient (Wildman–Crippen LogP) is 3.13. The Morgan fingerprint density at radius 1 is 1.15 bits per heavy atom. The Morgan fingerprint density at radius 3 is 2.50 bits per heavy atom. The van der Waals surface area contributed by atoms with Crippen molar-refractivity contribution in [3.05, 3.63) is 41.6 Å². The molecule has 10 nitrogen and oxygen atoms in total. The lowest BCUT2D eigenvalue weighted by atomic mass is 10.1. The van der Waals surface area contributed by atoms with Gasteiger partial charge in [0, 0.05) is 25.2 Å². The normalized spacial score (nSPS) is 15.5. The Labute approximate surface area is 199 Å². The van der Waals surface area contributed by atoms with Crippen LogP contribution in [0.4, 0.5) is 22.9 Å². The fourth-order valence-corrected chi connectivity index (χ4v) is 3.99. The van der Waals surface area contributed by atoms with Gasteiger partial charge in [-0.2, -0.15) is 0 Å². The predicted molar refractivity (Wildman–Crippen MR) is 130 cm³/mol. The van der Waals surface area contributed by atoms with Crippen molar-refractivity contribution >= 4 is 44.7 Å². The van der Waals surface area contributed by atoms with Crippen LogP contribution >= 0.6 is 0 Å². The number of aromatic nitrogens is 1. The van der Waals surface area contributed by atoms with Crippen molar-refractivity contribution in [3.8, 4) is 0 Å². The zero-order valence-corrected chi connectivity index (χ0v) is 20.2. The molecule has 34 heavy (non-hydrogen) atoms. The highest BCUT2D eigenvalue weighted by atomic mass is 32.2. The van der Waals surface area contributed by atoms with Crippen molar-refractivity contribution in [2.75, 3.05) is 34.8 Å². The lowest BCUT2D eigenvalue weighted by molar-refractivity contribution is -0.117. The summed E-state index contributed by atoms with van der Waals surface area (Å²) in [5, 5.41) is 5.96. The highest BCUT2D eigenvalue weighted by Crippen LogP contribution is 2.43. The van der Waals surface area contributed by atoms with Gasteiger partial charge in [0.05, 0.1) is 35.5 Å². The number of anilines is 4. The third-order valence-corrected chi connectivity index (χ3v) is 7.03. The number of hydroxylamine groups is 1. The lowest BCUT2D eigenvalue weighted by Crippen LogP contribution is -2.26. The van der Waals surface area contributed by atoms with Gasteiger partial charge < -0.3 is 10.6 Å². The number of amides is 2. The Kier molecular flexibility index (Phi) is 6.76. The second-order valence-corrected chi connectivity index (χ2v) is 10.7. The van der Waals surface area contributed by atoms with Crippen LogP contribution < -0.4 is 20.4 Å². The largest absolute Gasteiger partial charge is 0.353 e. The zero-order valence-electron chi connectivity index (χ0n) is 19.4. The minimum Gasteiger partial charge on any atom is -0.353 e. The molecule has 0 unspecified atom stereocenters. The van der Waals surface area contributed by atoms with E-state index >= 15 is 0 Å². The molecule has 2 amide bonds. The first-order valence-electron chi connectivity index (χ1n) is 11.2. The molecule has 1 heterocycles. The Hall–Kier alpha value is -3.18. The van der Waals surface area contributed by atoms with Gasteiger partial charge in [0.15, 0.2) is 0 Å². The molecule has 0 radical (unpaired) electrons. The molecule has 0 atom stereocenters. The molecule has 182 valence electrons. The summed E-state index contributed by atoms with van der Waals surface area (Å²) in [5.41, 5.74) is 4.89. The number of rotatable bonds is 10. The van der Waals surface area contributed by atoms with Gasteiger partial charge in [-0.25, -0.2) is 18.9 Å². The number of nitrogens with zero attached hydrogens (tertiary/aromatic N) is 2. The second-order valence-electron chi connectivity index (χ2n) is 8.65. The Balaban J connectivity index is 1.71. The van der Waals surface area contributed by atoms with Gasteiger partial charge >= 0.3 is 0 Å². The maximum Gasteiger partial charge on any atom is 0.278 e. The van der Waals surface area contributed by atoms with Crippen LogP contribution in [-0.2, 0) is 19.7 Å². The first-order valence-corrected chi connectivity index (χ1v) is 13.1. The van der Waals surface area contributed by atoms with Gasteiger partial charge in [-0.1, -0.05) is 6.07 Å². The van der Waals surface area contributed by atoms with E-state index in [4.69, 9.17) is 4.84 Å². The van der Waals surface area contributed by atoms with Crippen molar-refractivity contribution < 1.29 is 22.8 Å². The number of hydrogen-bond donors (Lipinski definition) is 3. The second kappa shape index (κ2) is 9.59. The molecule has 3 N–H and O–H groups in total. The summed E-state index contributed by atoms with van der Waals surface area (Å²) in [6.45, 7) is 2.02. The molecule has 11 heteroatoms. The Bertz CT molecular complexity index is 1210. The first kappa shape index (κ1) is 24.0. The summed E-state index contributed by atoms with van der Waals surface area (Å²) < 4.78 is 25.9. The summed E-state index contributed by atoms with van der Waals surface area (Å²) in [6, 6.07) is 7.17. The number of carbonyl (C=O) groups is 2. The van der Waals surface area contributed by atoms with Crippen molar-refractivity contribution in [1.82, 2.24) is 10.5 Å². The molecule has 0 bridgehead atoms. The molecule has 1 aromatic carbocycles. The molecular weight excluding hydrogens is 458 g/mol. The van der Waals surface area contributed by atoms with Crippen molar-refractivity contribution in [3.63, 3.8) is 0 Å². The monoisotopic (exact) mass is 487 g/mol. The molecule has 2 fully saturated rings. The minimum atomic E-state index is -3.53. The van der Waals surface area contributed by atoms with Crippen LogP contribution in [0.15, 0.2) is 30.5 Å². The van der Waals surface area contributed by atoms with E-state index in [2.05, 4.69) is 21.1 Å². The summed E-state index contributed by atoms with van der Waals surface area (Å²) in [4.78, 5) is 34.1. The average molecular weight is 488 g/mol. The molecule has 2 saturated carbocycles. The molecule has 0 aliphatic heterocycles. The van der Waals surface area contributed by atoms with Gasteiger partial charge in [-0.05, 0) is 56.2 Å². The van der Waals surface area contributed by atoms with Crippen LogP contribution in [0, 0.1) is 5.92 Å². The SMILES string of the molecule is CCONC(=O)c1cnc(NC(=O)C2CC2)cc1Nc1ccc(C2CC2)cc1N(C)S(C)(=O)=O. The smallest absolute Gasteiger partial charge is 0.278 e. The van der Waals surface area contributed by atoms with Crippen molar-refractivity contribution in [2.24, 2.45) is 5.92 Å². The van der Waals surface area contributed by atoms with Gasteiger partial charge in [0.2, 0.25) is 15.9 Å².